The summed E-state index contributed by atoms with van der Waals surface area (Å²) in [6.45, 7) is 3.17. The molecule has 0 amide bonds. The summed E-state index contributed by atoms with van der Waals surface area (Å²) in [5.41, 5.74) is -1.43. The molecule has 1 fully saturated rings. The van der Waals surface area contributed by atoms with Crippen LogP contribution in [0.3, 0.4) is 0 Å². The number of aliphatic hydroxyl groups excluding tert-OH is 2. The van der Waals surface area contributed by atoms with Crippen LogP contribution in [-0.4, -0.2) is 28.8 Å². The van der Waals surface area contributed by atoms with Gasteiger partial charge in [-0.1, -0.05) is 20.3 Å². The van der Waals surface area contributed by atoms with E-state index < -0.39 is 24.0 Å². The van der Waals surface area contributed by atoms with E-state index in [-0.39, 0.29) is 12.3 Å². The van der Waals surface area contributed by atoms with Crippen LogP contribution in [0, 0.1) is 11.3 Å². The van der Waals surface area contributed by atoms with Crippen LogP contribution in [-0.2, 0) is 0 Å². The van der Waals surface area contributed by atoms with E-state index in [4.69, 9.17) is 0 Å². The van der Waals surface area contributed by atoms with E-state index in [0.29, 0.717) is 6.42 Å². The molecule has 0 aromatic rings. The molecule has 1 aliphatic rings. The van der Waals surface area contributed by atoms with Crippen molar-refractivity contribution in [3.8, 4) is 0 Å². The molecule has 1 rings (SSSR count). The Kier molecular flexibility index (Phi) is 2.92. The average molecular weight is 194 g/mol. The Bertz CT molecular complexity index is 186. The lowest BCUT2D eigenvalue weighted by Crippen LogP contribution is -2.39. The second-order valence-electron chi connectivity index (χ2n) is 4.11. The van der Waals surface area contributed by atoms with Gasteiger partial charge in [-0.2, -0.15) is 0 Å². The van der Waals surface area contributed by atoms with Crippen LogP contribution >= 0.6 is 0 Å². The number of hydrogen-bond donors (Lipinski definition) is 2. The zero-order valence-electron chi connectivity index (χ0n) is 7.87. The van der Waals surface area contributed by atoms with E-state index in [1.807, 2.05) is 6.92 Å². The number of aliphatic hydroxyl groups is 2. The van der Waals surface area contributed by atoms with Crippen molar-refractivity contribution in [3.63, 3.8) is 0 Å². The van der Waals surface area contributed by atoms with Crippen molar-refractivity contribution < 1.29 is 19.0 Å². The SMILES string of the molecule is CC[C@@H]1C[C@](C)(C(F)F)[C@@H](O)[C@H]1O. The first kappa shape index (κ1) is 10.9. The van der Waals surface area contributed by atoms with E-state index in [1.165, 1.54) is 6.92 Å². The molecule has 78 valence electrons. The fourth-order valence-electron chi connectivity index (χ4n) is 2.06. The van der Waals surface area contributed by atoms with Crippen LogP contribution < -0.4 is 0 Å². The van der Waals surface area contributed by atoms with Crippen molar-refractivity contribution in [1.29, 1.82) is 0 Å². The van der Waals surface area contributed by atoms with Crippen molar-refractivity contribution in [2.45, 2.75) is 45.3 Å². The van der Waals surface area contributed by atoms with Crippen LogP contribution in [0.15, 0.2) is 0 Å². The Morgan fingerprint density at radius 3 is 2.23 bits per heavy atom. The third-order valence-electron chi connectivity index (χ3n) is 3.21. The molecule has 1 saturated carbocycles. The van der Waals surface area contributed by atoms with Gasteiger partial charge in [0, 0.05) is 0 Å². The highest BCUT2D eigenvalue weighted by Crippen LogP contribution is 2.46. The molecule has 0 bridgehead atoms. The van der Waals surface area contributed by atoms with Crippen LogP contribution in [0.5, 0.6) is 0 Å². The molecule has 2 nitrogen and oxygen atoms in total. The lowest BCUT2D eigenvalue weighted by Gasteiger charge is -2.27. The molecule has 0 aliphatic heterocycles. The lowest BCUT2D eigenvalue weighted by molar-refractivity contribution is -0.0899. The Morgan fingerprint density at radius 2 is 2.00 bits per heavy atom. The topological polar surface area (TPSA) is 40.5 Å². The summed E-state index contributed by atoms with van der Waals surface area (Å²) in [6, 6.07) is 0. The monoisotopic (exact) mass is 194 g/mol. The molecule has 0 saturated heterocycles. The minimum atomic E-state index is -2.58. The minimum Gasteiger partial charge on any atom is -0.390 e. The van der Waals surface area contributed by atoms with Crippen molar-refractivity contribution >= 4 is 0 Å². The quantitative estimate of drug-likeness (QED) is 0.697. The fraction of sp³-hybridized carbons (Fsp3) is 1.00. The molecule has 4 heteroatoms. The van der Waals surface area contributed by atoms with Gasteiger partial charge >= 0.3 is 0 Å². The maximum atomic E-state index is 12.6. The molecule has 13 heavy (non-hydrogen) atoms. The van der Waals surface area contributed by atoms with Gasteiger partial charge in [0.1, 0.15) is 0 Å². The lowest BCUT2D eigenvalue weighted by atomic mass is 9.86. The third kappa shape index (κ3) is 1.57. The highest BCUT2D eigenvalue weighted by Gasteiger charge is 2.54. The number of hydrogen-bond acceptors (Lipinski definition) is 2. The molecule has 0 spiro atoms. The maximum Gasteiger partial charge on any atom is 0.246 e. The van der Waals surface area contributed by atoms with Crippen LogP contribution in [0.4, 0.5) is 8.78 Å². The smallest absolute Gasteiger partial charge is 0.246 e. The van der Waals surface area contributed by atoms with Gasteiger partial charge in [-0.05, 0) is 12.3 Å². The molecule has 0 unspecified atom stereocenters. The zero-order chi connectivity index (χ0) is 10.2. The Labute approximate surface area is 76.6 Å². The molecule has 0 heterocycles. The summed E-state index contributed by atoms with van der Waals surface area (Å²) >= 11 is 0. The summed E-state index contributed by atoms with van der Waals surface area (Å²) in [6.07, 6.45) is -4.04. The van der Waals surface area contributed by atoms with Gasteiger partial charge in [0.25, 0.3) is 0 Å². The zero-order valence-corrected chi connectivity index (χ0v) is 7.87. The first-order chi connectivity index (χ1) is 5.93. The Morgan fingerprint density at radius 1 is 1.46 bits per heavy atom. The number of rotatable bonds is 2. The summed E-state index contributed by atoms with van der Waals surface area (Å²) in [7, 11) is 0. The van der Waals surface area contributed by atoms with E-state index in [9.17, 15) is 19.0 Å². The molecule has 0 radical (unpaired) electrons. The molecule has 0 aromatic carbocycles. The van der Waals surface area contributed by atoms with Crippen molar-refractivity contribution in [2.75, 3.05) is 0 Å². The highest BCUT2D eigenvalue weighted by molar-refractivity contribution is 4.99. The molecule has 0 aromatic heterocycles. The molecular formula is C9H16F2O2. The minimum absolute atomic E-state index is 0.198. The molecular weight excluding hydrogens is 178 g/mol. The molecule has 2 N–H and O–H groups in total. The van der Waals surface area contributed by atoms with Gasteiger partial charge in [0.2, 0.25) is 6.43 Å². The summed E-state index contributed by atoms with van der Waals surface area (Å²) in [5, 5.41) is 18.9. The average Bonchev–Trinajstić information content (AvgIpc) is 2.31. The normalized spacial score (nSPS) is 45.9. The van der Waals surface area contributed by atoms with Crippen LogP contribution in [0.2, 0.25) is 0 Å². The van der Waals surface area contributed by atoms with Gasteiger partial charge in [-0.15, -0.1) is 0 Å². The van der Waals surface area contributed by atoms with E-state index in [1.54, 1.807) is 0 Å². The Hall–Kier alpha value is -0.220. The predicted molar refractivity (Wildman–Crippen MR) is 44.5 cm³/mol. The summed E-state index contributed by atoms with van der Waals surface area (Å²) < 4.78 is 25.2. The van der Waals surface area contributed by atoms with Gasteiger partial charge < -0.3 is 10.2 Å². The largest absolute Gasteiger partial charge is 0.390 e. The number of alkyl halides is 2. The maximum absolute atomic E-state index is 12.6. The van der Waals surface area contributed by atoms with Crippen molar-refractivity contribution in [2.24, 2.45) is 11.3 Å². The third-order valence-corrected chi connectivity index (χ3v) is 3.21. The fourth-order valence-corrected chi connectivity index (χ4v) is 2.06. The van der Waals surface area contributed by atoms with E-state index in [0.717, 1.165) is 0 Å². The van der Waals surface area contributed by atoms with Crippen LogP contribution in [0.1, 0.15) is 26.7 Å². The second kappa shape index (κ2) is 3.50. The van der Waals surface area contributed by atoms with Crippen LogP contribution in [0.25, 0.3) is 0 Å². The van der Waals surface area contributed by atoms with Crippen molar-refractivity contribution in [3.05, 3.63) is 0 Å². The highest BCUT2D eigenvalue weighted by atomic mass is 19.3. The van der Waals surface area contributed by atoms with Gasteiger partial charge in [-0.3, -0.25) is 0 Å². The second-order valence-corrected chi connectivity index (χ2v) is 4.11. The molecule has 4 atom stereocenters. The van der Waals surface area contributed by atoms with Gasteiger partial charge in [0.15, 0.2) is 0 Å². The van der Waals surface area contributed by atoms with E-state index >= 15 is 0 Å². The molecule has 1 aliphatic carbocycles. The van der Waals surface area contributed by atoms with Crippen molar-refractivity contribution in [1.82, 2.24) is 0 Å². The first-order valence-electron chi connectivity index (χ1n) is 4.57. The Balaban J connectivity index is 2.81. The first-order valence-corrected chi connectivity index (χ1v) is 4.57. The van der Waals surface area contributed by atoms with Gasteiger partial charge in [0.05, 0.1) is 17.6 Å². The van der Waals surface area contributed by atoms with E-state index in [2.05, 4.69) is 0 Å². The summed E-state index contributed by atoms with van der Waals surface area (Å²) in [5.74, 6) is -0.200. The summed E-state index contributed by atoms with van der Waals surface area (Å²) in [4.78, 5) is 0. The number of halogens is 2. The predicted octanol–water partition coefficient (Wildman–Crippen LogP) is 1.41. The standard InChI is InChI=1S/C9H16F2O2/c1-3-5-4-9(2,8(10)11)7(13)6(5)12/h5-8,12-13H,3-4H2,1-2H3/t5-,6+,7+,9+/m1/s1. The van der Waals surface area contributed by atoms with Gasteiger partial charge in [-0.25, -0.2) is 8.78 Å².